The van der Waals surface area contributed by atoms with E-state index < -0.39 is 10.0 Å². The third-order valence-electron chi connectivity index (χ3n) is 4.64. The normalized spacial score (nSPS) is 14.7. The van der Waals surface area contributed by atoms with Gasteiger partial charge in [-0.2, -0.15) is 0 Å². The molecule has 2 heterocycles. The summed E-state index contributed by atoms with van der Waals surface area (Å²) in [6.07, 6.45) is 1.54. The fourth-order valence-electron chi connectivity index (χ4n) is 3.12. The van der Waals surface area contributed by atoms with E-state index in [1.807, 2.05) is 19.9 Å². The molecule has 26 heavy (non-hydrogen) atoms. The summed E-state index contributed by atoms with van der Waals surface area (Å²) >= 11 is 0. The molecule has 0 radical (unpaired) electrons. The lowest BCUT2D eigenvalue weighted by atomic mass is 10.1. The van der Waals surface area contributed by atoms with Gasteiger partial charge in [-0.15, -0.1) is 0 Å². The van der Waals surface area contributed by atoms with Gasteiger partial charge in [-0.1, -0.05) is 19.9 Å². The molecule has 1 aromatic heterocycles. The summed E-state index contributed by atoms with van der Waals surface area (Å²) in [7, 11) is -3.74. The standard InChI is InChI=1S/C19H25N3O3S/c1-13(2)11-22-8-7-21-12-17(10-18(21)19(22)23)26(24,25)20-16-6-5-14(3)15(4)9-16/h5-6,9-10,12-13,20H,7-8,11H2,1-4H3. The zero-order valence-electron chi connectivity index (χ0n) is 15.6. The van der Waals surface area contributed by atoms with Crippen LogP contribution in [0.1, 0.15) is 35.5 Å². The number of amides is 1. The Kier molecular flexibility index (Phi) is 4.84. The van der Waals surface area contributed by atoms with Gasteiger partial charge in [-0.25, -0.2) is 8.42 Å². The molecule has 2 aromatic rings. The topological polar surface area (TPSA) is 71.4 Å². The summed E-state index contributed by atoms with van der Waals surface area (Å²) < 4.78 is 29.8. The average molecular weight is 375 g/mol. The van der Waals surface area contributed by atoms with Crippen LogP contribution in [0.15, 0.2) is 35.4 Å². The van der Waals surface area contributed by atoms with Crippen LogP contribution in [0.4, 0.5) is 5.69 Å². The molecule has 7 heteroatoms. The number of hydrogen-bond donors (Lipinski definition) is 1. The van der Waals surface area contributed by atoms with Gasteiger partial charge in [0, 0.05) is 31.5 Å². The van der Waals surface area contributed by atoms with Gasteiger partial charge in [0.1, 0.15) is 10.6 Å². The van der Waals surface area contributed by atoms with Crippen molar-refractivity contribution in [3.05, 3.63) is 47.3 Å². The first-order valence-corrected chi connectivity index (χ1v) is 10.2. The number of fused-ring (bicyclic) bond motifs is 1. The average Bonchev–Trinajstić information content (AvgIpc) is 2.99. The van der Waals surface area contributed by atoms with Crippen LogP contribution >= 0.6 is 0 Å². The zero-order valence-corrected chi connectivity index (χ0v) is 16.4. The Morgan fingerprint density at radius 3 is 2.50 bits per heavy atom. The highest BCUT2D eigenvalue weighted by Gasteiger charge is 2.28. The summed E-state index contributed by atoms with van der Waals surface area (Å²) in [6, 6.07) is 6.90. The molecule has 1 aliphatic heterocycles. The molecular formula is C19H25N3O3S. The van der Waals surface area contributed by atoms with Crippen molar-refractivity contribution in [3.63, 3.8) is 0 Å². The lowest BCUT2D eigenvalue weighted by Crippen LogP contribution is -2.41. The lowest BCUT2D eigenvalue weighted by Gasteiger charge is -2.29. The van der Waals surface area contributed by atoms with Crippen LogP contribution in [0, 0.1) is 19.8 Å². The predicted molar refractivity (Wildman–Crippen MR) is 102 cm³/mol. The first kappa shape index (κ1) is 18.5. The maximum Gasteiger partial charge on any atom is 0.270 e. The van der Waals surface area contributed by atoms with Crippen molar-refractivity contribution in [1.82, 2.24) is 9.47 Å². The number of aryl methyl sites for hydroxylation is 2. The van der Waals surface area contributed by atoms with Gasteiger partial charge in [0.25, 0.3) is 15.9 Å². The summed E-state index contributed by atoms with van der Waals surface area (Å²) in [5.41, 5.74) is 3.06. The summed E-state index contributed by atoms with van der Waals surface area (Å²) in [6.45, 7) is 9.91. The van der Waals surface area contributed by atoms with E-state index in [1.165, 1.54) is 6.07 Å². The lowest BCUT2D eigenvalue weighted by molar-refractivity contribution is 0.0683. The molecule has 0 atom stereocenters. The number of aromatic nitrogens is 1. The third-order valence-corrected chi connectivity index (χ3v) is 5.99. The minimum Gasteiger partial charge on any atom is -0.340 e. The van der Waals surface area contributed by atoms with E-state index in [-0.39, 0.29) is 10.8 Å². The largest absolute Gasteiger partial charge is 0.340 e. The van der Waals surface area contributed by atoms with Gasteiger partial charge in [0.05, 0.1) is 0 Å². The molecule has 0 saturated heterocycles. The number of carbonyl (C=O) groups is 1. The molecule has 1 aliphatic rings. The first-order valence-electron chi connectivity index (χ1n) is 8.77. The zero-order chi connectivity index (χ0) is 19.1. The summed E-state index contributed by atoms with van der Waals surface area (Å²) in [5.74, 6) is 0.257. The highest BCUT2D eigenvalue weighted by atomic mass is 32.2. The maximum atomic E-state index is 12.7. The van der Waals surface area contributed by atoms with Crippen LogP contribution in [0.25, 0.3) is 0 Å². The van der Waals surface area contributed by atoms with Crippen LogP contribution in [0.3, 0.4) is 0 Å². The van der Waals surface area contributed by atoms with Gasteiger partial charge in [0.2, 0.25) is 0 Å². The Bertz CT molecular complexity index is 945. The third kappa shape index (κ3) is 3.62. The molecule has 0 aliphatic carbocycles. The minimum atomic E-state index is -3.74. The van der Waals surface area contributed by atoms with E-state index in [0.29, 0.717) is 36.9 Å². The van der Waals surface area contributed by atoms with E-state index in [0.717, 1.165) is 11.1 Å². The summed E-state index contributed by atoms with van der Waals surface area (Å²) in [4.78, 5) is 14.5. The Hall–Kier alpha value is -2.28. The van der Waals surface area contributed by atoms with E-state index >= 15 is 0 Å². The predicted octanol–water partition coefficient (Wildman–Crippen LogP) is 3.02. The second kappa shape index (κ2) is 6.79. The van der Waals surface area contributed by atoms with Crippen LogP contribution in [0.5, 0.6) is 0 Å². The van der Waals surface area contributed by atoms with Crippen molar-refractivity contribution in [2.75, 3.05) is 17.8 Å². The fourth-order valence-corrected chi connectivity index (χ4v) is 4.21. The van der Waals surface area contributed by atoms with Crippen LogP contribution in [-0.4, -0.2) is 36.9 Å². The van der Waals surface area contributed by atoms with E-state index in [2.05, 4.69) is 18.6 Å². The van der Waals surface area contributed by atoms with Gasteiger partial charge in [-0.05, 0) is 49.1 Å². The van der Waals surface area contributed by atoms with Crippen molar-refractivity contribution < 1.29 is 13.2 Å². The number of anilines is 1. The number of nitrogens with one attached hydrogen (secondary N) is 1. The maximum absolute atomic E-state index is 12.7. The minimum absolute atomic E-state index is 0.113. The van der Waals surface area contributed by atoms with E-state index in [9.17, 15) is 13.2 Å². The molecule has 0 saturated carbocycles. The van der Waals surface area contributed by atoms with Gasteiger partial charge in [0.15, 0.2) is 0 Å². The number of nitrogens with zero attached hydrogens (tertiary/aromatic N) is 2. The van der Waals surface area contributed by atoms with Crippen molar-refractivity contribution in [2.45, 2.75) is 39.1 Å². The molecule has 3 rings (SSSR count). The van der Waals surface area contributed by atoms with Crippen LogP contribution in [-0.2, 0) is 16.6 Å². The van der Waals surface area contributed by atoms with Crippen LogP contribution in [0.2, 0.25) is 0 Å². The molecule has 0 spiro atoms. The number of rotatable bonds is 5. The van der Waals surface area contributed by atoms with Crippen LogP contribution < -0.4 is 4.72 Å². The molecule has 1 aromatic carbocycles. The number of carbonyl (C=O) groups excluding carboxylic acids is 1. The molecule has 1 amide bonds. The molecule has 0 fully saturated rings. The highest BCUT2D eigenvalue weighted by molar-refractivity contribution is 7.92. The molecular weight excluding hydrogens is 350 g/mol. The molecule has 0 bridgehead atoms. The van der Waals surface area contributed by atoms with Crippen molar-refractivity contribution in [1.29, 1.82) is 0 Å². The number of benzene rings is 1. The SMILES string of the molecule is Cc1ccc(NS(=O)(=O)c2cc3n(c2)CCN(CC(C)C)C3=O)cc1C. The Labute approximate surface area is 154 Å². The monoisotopic (exact) mass is 375 g/mol. The molecule has 0 unspecified atom stereocenters. The summed E-state index contributed by atoms with van der Waals surface area (Å²) in [5, 5.41) is 0. The molecule has 1 N–H and O–H groups in total. The van der Waals surface area contributed by atoms with Gasteiger partial charge >= 0.3 is 0 Å². The van der Waals surface area contributed by atoms with Crippen molar-refractivity contribution in [2.24, 2.45) is 5.92 Å². The Morgan fingerprint density at radius 1 is 1.12 bits per heavy atom. The second-order valence-corrected chi connectivity index (χ2v) is 8.99. The van der Waals surface area contributed by atoms with Crippen molar-refractivity contribution in [3.8, 4) is 0 Å². The highest BCUT2D eigenvalue weighted by Crippen LogP contribution is 2.23. The quantitative estimate of drug-likeness (QED) is 0.873. The Morgan fingerprint density at radius 2 is 1.85 bits per heavy atom. The van der Waals surface area contributed by atoms with E-state index in [1.54, 1.807) is 27.8 Å². The van der Waals surface area contributed by atoms with Gasteiger partial charge in [-0.3, -0.25) is 9.52 Å². The Balaban J connectivity index is 1.86. The number of hydrogen-bond acceptors (Lipinski definition) is 3. The molecule has 140 valence electrons. The number of sulfonamides is 1. The van der Waals surface area contributed by atoms with Crippen molar-refractivity contribution >= 4 is 21.6 Å². The first-order chi connectivity index (χ1) is 12.2. The second-order valence-electron chi connectivity index (χ2n) is 7.30. The fraction of sp³-hybridized carbons (Fsp3) is 0.421. The van der Waals surface area contributed by atoms with Gasteiger partial charge < -0.3 is 9.47 Å². The van der Waals surface area contributed by atoms with E-state index in [4.69, 9.17) is 0 Å². The molecule has 6 nitrogen and oxygen atoms in total. The smallest absolute Gasteiger partial charge is 0.270 e.